The van der Waals surface area contributed by atoms with Crippen LogP contribution in [0.3, 0.4) is 0 Å². The number of rotatable bonds is 22. The van der Waals surface area contributed by atoms with Crippen LogP contribution in [0.4, 0.5) is 0 Å². The monoisotopic (exact) mass is 780 g/mol. The molecule has 0 atom stereocenters. The lowest BCUT2D eigenvalue weighted by Gasteiger charge is -2.31. The van der Waals surface area contributed by atoms with Crippen molar-refractivity contribution in [2.75, 3.05) is 0 Å². The summed E-state index contributed by atoms with van der Waals surface area (Å²) in [5, 5.41) is 38.8. The van der Waals surface area contributed by atoms with Crippen molar-refractivity contribution in [2.45, 2.75) is 124 Å². The topological polar surface area (TPSA) is 168 Å². The van der Waals surface area contributed by atoms with Gasteiger partial charge in [-0.3, -0.25) is 0 Å². The zero-order valence-corrected chi connectivity index (χ0v) is 34.0. The molecule has 4 aromatic carbocycles. The smallest absolute Gasteiger partial charge is 0.336 e. The Bertz CT molecular complexity index is 1890. The van der Waals surface area contributed by atoms with Crippen LogP contribution < -0.4 is 9.47 Å². The molecule has 4 aromatic rings. The third-order valence-corrected chi connectivity index (χ3v) is 10.5. The molecule has 4 N–H and O–H groups in total. The maximum Gasteiger partial charge on any atom is 0.336 e. The van der Waals surface area contributed by atoms with Gasteiger partial charge in [-0.15, -0.1) is 0 Å². The van der Waals surface area contributed by atoms with E-state index < -0.39 is 29.3 Å². The molecule has 4 rings (SSSR count). The number of carboxylic acid groups (broad SMARTS) is 4. The van der Waals surface area contributed by atoms with E-state index in [1.54, 1.807) is 0 Å². The van der Waals surface area contributed by atoms with Gasteiger partial charge in [0, 0.05) is 5.41 Å². The van der Waals surface area contributed by atoms with Crippen molar-refractivity contribution in [3.63, 3.8) is 0 Å². The molecule has 0 spiro atoms. The van der Waals surface area contributed by atoms with Crippen molar-refractivity contribution < 1.29 is 49.1 Å². The largest absolute Gasteiger partial charge is 0.478 e. The molecular weight excluding hydrogens is 725 g/mol. The lowest BCUT2D eigenvalue weighted by Crippen LogP contribution is -2.21. The summed E-state index contributed by atoms with van der Waals surface area (Å²) in [4.78, 5) is 47.5. The summed E-state index contributed by atoms with van der Waals surface area (Å²) in [6.45, 7) is 12.9. The predicted molar refractivity (Wildman–Crippen MR) is 220 cm³/mol. The van der Waals surface area contributed by atoms with Crippen molar-refractivity contribution in [3.05, 3.63) is 116 Å². The van der Waals surface area contributed by atoms with Crippen LogP contribution in [-0.2, 0) is 31.1 Å². The van der Waals surface area contributed by atoms with Crippen LogP contribution in [0, 0.1) is 0 Å². The Morgan fingerprint density at radius 3 is 0.982 bits per heavy atom. The molecule has 0 fully saturated rings. The minimum absolute atomic E-state index is 0.254. The number of aromatic carboxylic acids is 4. The third-order valence-electron chi connectivity index (χ3n) is 10.5. The molecule has 57 heavy (non-hydrogen) atoms. The molecule has 0 unspecified atom stereocenters. The highest BCUT2D eigenvalue weighted by Crippen LogP contribution is 2.43. The molecule has 0 bridgehead atoms. The molecule has 0 radical (unpaired) electrons. The number of hydrogen-bond acceptors (Lipinski definition) is 6. The van der Waals surface area contributed by atoms with E-state index in [4.69, 9.17) is 9.47 Å². The number of carboxylic acids is 4. The van der Waals surface area contributed by atoms with Crippen molar-refractivity contribution in [2.24, 2.45) is 0 Å². The van der Waals surface area contributed by atoms with Gasteiger partial charge in [0.25, 0.3) is 0 Å². The van der Waals surface area contributed by atoms with Crippen LogP contribution in [0.1, 0.15) is 168 Å². The average Bonchev–Trinajstić information content (AvgIpc) is 3.18. The normalized spacial score (nSPS) is 11.3. The van der Waals surface area contributed by atoms with Crippen LogP contribution >= 0.6 is 0 Å². The van der Waals surface area contributed by atoms with Gasteiger partial charge in [-0.1, -0.05) is 91.5 Å². The molecule has 10 heteroatoms. The molecular formula is C47H56O10. The lowest BCUT2D eigenvalue weighted by atomic mass is 9.75. The predicted octanol–water partition coefficient (Wildman–Crippen LogP) is 11.8. The van der Waals surface area contributed by atoms with Crippen molar-refractivity contribution >= 4 is 23.9 Å². The highest BCUT2D eigenvalue weighted by atomic mass is 16.5. The molecule has 0 aliphatic carbocycles. The summed E-state index contributed by atoms with van der Waals surface area (Å²) in [7, 11) is 0. The lowest BCUT2D eigenvalue weighted by molar-refractivity contribution is 0.0651. The first-order valence-corrected chi connectivity index (χ1v) is 20.1. The summed E-state index contributed by atoms with van der Waals surface area (Å²) in [6, 6.07) is 16.8. The molecule has 0 saturated carbocycles. The summed E-state index contributed by atoms with van der Waals surface area (Å²) in [5.41, 5.74) is 4.34. The van der Waals surface area contributed by atoms with Crippen LogP contribution in [0.5, 0.6) is 23.0 Å². The highest BCUT2D eigenvalue weighted by molar-refractivity contribution is 6.02. The summed E-state index contributed by atoms with van der Waals surface area (Å²) >= 11 is 0. The molecule has 10 nitrogen and oxygen atoms in total. The van der Waals surface area contributed by atoms with E-state index in [9.17, 15) is 39.6 Å². The summed E-state index contributed by atoms with van der Waals surface area (Å²) < 4.78 is 13.1. The Hall–Kier alpha value is -5.64. The van der Waals surface area contributed by atoms with Gasteiger partial charge in [-0.05, 0) is 121 Å². The Labute approximate surface area is 335 Å². The second kappa shape index (κ2) is 20.0. The number of benzene rings is 4. The van der Waals surface area contributed by atoms with E-state index in [1.165, 1.54) is 36.4 Å². The van der Waals surface area contributed by atoms with Gasteiger partial charge in [-0.2, -0.15) is 0 Å². The Balaban J connectivity index is 1.91. The van der Waals surface area contributed by atoms with Gasteiger partial charge in [0.2, 0.25) is 0 Å². The highest BCUT2D eigenvalue weighted by Gasteiger charge is 2.29. The fourth-order valence-electron chi connectivity index (χ4n) is 7.01. The first-order chi connectivity index (χ1) is 27.2. The fraction of sp³-hybridized carbons (Fsp3) is 0.404. The van der Waals surface area contributed by atoms with Crippen molar-refractivity contribution in [3.8, 4) is 23.0 Å². The number of hydrogen-bond donors (Lipinski definition) is 4. The van der Waals surface area contributed by atoms with Gasteiger partial charge >= 0.3 is 23.9 Å². The summed E-state index contributed by atoms with van der Waals surface area (Å²) in [5.74, 6) is -3.50. The first-order valence-electron chi connectivity index (χ1n) is 20.1. The molecule has 304 valence electrons. The van der Waals surface area contributed by atoms with Gasteiger partial charge < -0.3 is 29.9 Å². The van der Waals surface area contributed by atoms with Crippen molar-refractivity contribution in [1.29, 1.82) is 0 Å². The standard InChI is InChI=1S/C47H56O10/c1-7-11-15-29-23-33(24-30(16-12-8-2)41(29)56-35-19-21-37(43(48)49)39(27-35)45(52)53)47(5,6)34-25-31(17-13-9-3)42(32(26-34)18-14-10-4)57-36-20-22-38(44(50)51)40(28-36)46(54)55/h19-28H,7-18H2,1-6H3,(H,48,49)(H,50,51)(H,52,53)(H,54,55). The molecule has 0 aliphatic rings. The molecule has 0 saturated heterocycles. The average molecular weight is 781 g/mol. The number of unbranched alkanes of at least 4 members (excludes halogenated alkanes) is 4. The van der Waals surface area contributed by atoms with Crippen molar-refractivity contribution in [1.82, 2.24) is 0 Å². The molecule has 0 aliphatic heterocycles. The zero-order chi connectivity index (χ0) is 41.9. The maximum atomic E-state index is 12.0. The van der Waals surface area contributed by atoms with Crippen LogP contribution in [-0.4, -0.2) is 44.3 Å². The second-order valence-electron chi connectivity index (χ2n) is 15.1. The SMILES string of the molecule is CCCCc1cc(C(C)(C)c2cc(CCCC)c(Oc3ccc(C(=O)O)c(C(=O)O)c3)c(CCCC)c2)cc(CCCC)c1Oc1ccc(C(=O)O)c(C(=O)O)c1. The Kier molecular flexibility index (Phi) is 15.5. The van der Waals surface area contributed by atoms with Gasteiger partial charge in [0.1, 0.15) is 23.0 Å². The Morgan fingerprint density at radius 1 is 0.456 bits per heavy atom. The van der Waals surface area contributed by atoms with Crippen LogP contribution in [0.2, 0.25) is 0 Å². The quantitative estimate of drug-likeness (QED) is 0.0602. The van der Waals surface area contributed by atoms with Gasteiger partial charge in [0.05, 0.1) is 22.3 Å². The Morgan fingerprint density at radius 2 is 0.737 bits per heavy atom. The van der Waals surface area contributed by atoms with E-state index in [0.717, 1.165) is 110 Å². The third kappa shape index (κ3) is 10.8. The minimum Gasteiger partial charge on any atom is -0.478 e. The van der Waals surface area contributed by atoms with E-state index in [2.05, 4.69) is 65.8 Å². The van der Waals surface area contributed by atoms with E-state index in [1.807, 2.05) is 0 Å². The zero-order valence-electron chi connectivity index (χ0n) is 34.0. The minimum atomic E-state index is -1.35. The van der Waals surface area contributed by atoms with Gasteiger partial charge in [0.15, 0.2) is 0 Å². The number of aryl methyl sites for hydroxylation is 4. The fourth-order valence-corrected chi connectivity index (χ4v) is 7.01. The summed E-state index contributed by atoms with van der Waals surface area (Å²) in [6.07, 6.45) is 10.3. The van der Waals surface area contributed by atoms with Crippen LogP contribution in [0.15, 0.2) is 60.7 Å². The first kappa shape index (κ1) is 44.1. The van der Waals surface area contributed by atoms with E-state index in [0.29, 0.717) is 11.5 Å². The van der Waals surface area contributed by atoms with Crippen LogP contribution in [0.25, 0.3) is 0 Å². The van der Waals surface area contributed by atoms with E-state index >= 15 is 0 Å². The van der Waals surface area contributed by atoms with Gasteiger partial charge in [-0.25, -0.2) is 19.2 Å². The maximum absolute atomic E-state index is 12.0. The molecule has 0 amide bonds. The molecule has 0 heterocycles. The number of ether oxygens (including phenoxy) is 2. The molecule has 0 aromatic heterocycles. The number of carbonyl (C=O) groups is 4. The van der Waals surface area contributed by atoms with E-state index in [-0.39, 0.29) is 33.8 Å². The second-order valence-corrected chi connectivity index (χ2v) is 15.1.